The Balaban J connectivity index is 2.10. The van der Waals surface area contributed by atoms with Gasteiger partial charge in [-0.05, 0) is 30.5 Å². The summed E-state index contributed by atoms with van der Waals surface area (Å²) in [7, 11) is 0. The van der Waals surface area contributed by atoms with E-state index in [1.807, 2.05) is 0 Å². The molecule has 90 valence electrons. The second kappa shape index (κ2) is 4.30. The van der Waals surface area contributed by atoms with Crippen LogP contribution in [0.15, 0.2) is 30.3 Å². The summed E-state index contributed by atoms with van der Waals surface area (Å²) in [6, 6.07) is 5.89. The lowest BCUT2D eigenvalue weighted by atomic mass is 9.97. The highest BCUT2D eigenvalue weighted by molar-refractivity contribution is 5.75. The van der Waals surface area contributed by atoms with Crippen LogP contribution in [0.1, 0.15) is 18.4 Å². The standard InChI is InChI=1S/C13H13FO3/c14-10-3-1-9(2-4-10)5-6-13(7-8-13)11(15)12(16)17/h1-6,11,15H,7-8H2,(H,16,17)/b6-5+. The molecule has 0 aromatic heterocycles. The first-order valence-electron chi connectivity index (χ1n) is 5.39. The minimum atomic E-state index is -1.36. The van der Waals surface area contributed by atoms with Gasteiger partial charge in [-0.15, -0.1) is 0 Å². The maximum absolute atomic E-state index is 12.7. The topological polar surface area (TPSA) is 57.5 Å². The van der Waals surface area contributed by atoms with Crippen molar-refractivity contribution in [3.8, 4) is 0 Å². The van der Waals surface area contributed by atoms with E-state index in [2.05, 4.69) is 0 Å². The van der Waals surface area contributed by atoms with Crippen LogP contribution in [0.2, 0.25) is 0 Å². The van der Waals surface area contributed by atoms with Crippen molar-refractivity contribution in [2.45, 2.75) is 18.9 Å². The molecule has 0 radical (unpaired) electrons. The Morgan fingerprint density at radius 3 is 2.41 bits per heavy atom. The van der Waals surface area contributed by atoms with E-state index in [9.17, 15) is 14.3 Å². The van der Waals surface area contributed by atoms with Crippen molar-refractivity contribution in [1.82, 2.24) is 0 Å². The monoisotopic (exact) mass is 236 g/mol. The molecule has 1 aromatic rings. The lowest BCUT2D eigenvalue weighted by molar-refractivity contribution is -0.149. The molecule has 1 aliphatic rings. The highest BCUT2D eigenvalue weighted by Crippen LogP contribution is 2.50. The smallest absolute Gasteiger partial charge is 0.333 e. The minimum Gasteiger partial charge on any atom is -0.479 e. The molecule has 0 bridgehead atoms. The van der Waals surface area contributed by atoms with Crippen LogP contribution >= 0.6 is 0 Å². The van der Waals surface area contributed by atoms with Crippen molar-refractivity contribution in [1.29, 1.82) is 0 Å². The summed E-state index contributed by atoms with van der Waals surface area (Å²) < 4.78 is 12.7. The van der Waals surface area contributed by atoms with E-state index in [0.29, 0.717) is 12.8 Å². The SMILES string of the molecule is O=C(O)C(O)C1(/C=C/c2ccc(F)cc2)CC1. The number of hydrogen-bond acceptors (Lipinski definition) is 2. The molecular weight excluding hydrogens is 223 g/mol. The number of aliphatic hydroxyl groups excluding tert-OH is 1. The molecule has 3 nitrogen and oxygen atoms in total. The molecule has 1 saturated carbocycles. The van der Waals surface area contributed by atoms with Crippen LogP contribution in [-0.2, 0) is 4.79 Å². The van der Waals surface area contributed by atoms with Gasteiger partial charge in [0.2, 0.25) is 0 Å². The highest BCUT2D eigenvalue weighted by atomic mass is 19.1. The molecule has 4 heteroatoms. The number of benzene rings is 1. The van der Waals surface area contributed by atoms with E-state index in [0.717, 1.165) is 5.56 Å². The van der Waals surface area contributed by atoms with Crippen LogP contribution in [0, 0.1) is 11.2 Å². The maximum atomic E-state index is 12.7. The summed E-state index contributed by atoms with van der Waals surface area (Å²) in [6.45, 7) is 0. The number of carboxylic acids is 1. The zero-order valence-electron chi connectivity index (χ0n) is 9.14. The Morgan fingerprint density at radius 2 is 1.94 bits per heavy atom. The van der Waals surface area contributed by atoms with Gasteiger partial charge in [0, 0.05) is 5.41 Å². The van der Waals surface area contributed by atoms with Crippen molar-refractivity contribution in [3.63, 3.8) is 0 Å². The molecule has 1 atom stereocenters. The highest BCUT2D eigenvalue weighted by Gasteiger charge is 2.50. The van der Waals surface area contributed by atoms with Crippen molar-refractivity contribution in [2.24, 2.45) is 5.41 Å². The van der Waals surface area contributed by atoms with E-state index in [-0.39, 0.29) is 5.82 Å². The molecule has 0 amide bonds. The van der Waals surface area contributed by atoms with Crippen molar-refractivity contribution >= 4 is 12.0 Å². The van der Waals surface area contributed by atoms with Gasteiger partial charge in [0.05, 0.1) is 0 Å². The van der Waals surface area contributed by atoms with Crippen LogP contribution in [0.5, 0.6) is 0 Å². The first-order chi connectivity index (χ1) is 8.03. The quantitative estimate of drug-likeness (QED) is 0.841. The Kier molecular flexibility index (Phi) is 2.98. The normalized spacial score (nSPS) is 19.2. The summed E-state index contributed by atoms with van der Waals surface area (Å²) in [6.07, 6.45) is 3.40. The molecule has 0 spiro atoms. The lowest BCUT2D eigenvalue weighted by Crippen LogP contribution is -2.29. The summed E-state index contributed by atoms with van der Waals surface area (Å²) in [5, 5.41) is 18.3. The molecule has 0 heterocycles. The van der Waals surface area contributed by atoms with E-state index in [4.69, 9.17) is 5.11 Å². The van der Waals surface area contributed by atoms with Crippen LogP contribution in [0.3, 0.4) is 0 Å². The van der Waals surface area contributed by atoms with Crippen LogP contribution in [-0.4, -0.2) is 22.3 Å². The van der Waals surface area contributed by atoms with Gasteiger partial charge in [-0.3, -0.25) is 0 Å². The third-order valence-corrected chi connectivity index (χ3v) is 3.08. The molecule has 2 rings (SSSR count). The van der Waals surface area contributed by atoms with E-state index in [1.165, 1.54) is 12.1 Å². The fourth-order valence-corrected chi connectivity index (χ4v) is 1.76. The van der Waals surface area contributed by atoms with Gasteiger partial charge in [-0.2, -0.15) is 0 Å². The van der Waals surface area contributed by atoms with E-state index < -0.39 is 17.5 Å². The van der Waals surface area contributed by atoms with Gasteiger partial charge >= 0.3 is 5.97 Å². The predicted octanol–water partition coefficient (Wildman–Crippen LogP) is 2.06. The number of carboxylic acid groups (broad SMARTS) is 1. The van der Waals surface area contributed by atoms with Gasteiger partial charge in [0.1, 0.15) is 5.82 Å². The number of aliphatic hydroxyl groups is 1. The average Bonchev–Trinajstić information content (AvgIpc) is 3.08. The Hall–Kier alpha value is -1.68. The summed E-state index contributed by atoms with van der Waals surface area (Å²) >= 11 is 0. The summed E-state index contributed by atoms with van der Waals surface area (Å²) in [5.41, 5.74) is 0.149. The Morgan fingerprint density at radius 1 is 1.35 bits per heavy atom. The fourth-order valence-electron chi connectivity index (χ4n) is 1.76. The summed E-state index contributed by atoms with van der Waals surface area (Å²) in [4.78, 5) is 10.7. The first kappa shape index (κ1) is 11.8. The lowest BCUT2D eigenvalue weighted by Gasteiger charge is -2.13. The fraction of sp³-hybridized carbons (Fsp3) is 0.308. The molecule has 1 aromatic carbocycles. The molecule has 1 unspecified atom stereocenters. The number of rotatable bonds is 4. The van der Waals surface area contributed by atoms with Gasteiger partial charge in [0.15, 0.2) is 6.10 Å². The van der Waals surface area contributed by atoms with Crippen molar-refractivity contribution < 1.29 is 19.4 Å². The van der Waals surface area contributed by atoms with Crippen LogP contribution < -0.4 is 0 Å². The molecule has 0 aliphatic heterocycles. The largest absolute Gasteiger partial charge is 0.479 e. The third kappa shape index (κ3) is 2.53. The van der Waals surface area contributed by atoms with E-state index >= 15 is 0 Å². The Labute approximate surface area is 98.2 Å². The molecular formula is C13H13FO3. The zero-order chi connectivity index (χ0) is 12.5. The maximum Gasteiger partial charge on any atom is 0.333 e. The molecule has 0 saturated heterocycles. The number of hydrogen-bond donors (Lipinski definition) is 2. The molecule has 1 fully saturated rings. The second-order valence-electron chi connectivity index (χ2n) is 4.36. The summed E-state index contributed by atoms with van der Waals surface area (Å²) in [5.74, 6) is -1.51. The molecule has 1 aliphatic carbocycles. The predicted molar refractivity (Wildman–Crippen MR) is 60.7 cm³/mol. The van der Waals surface area contributed by atoms with Gasteiger partial charge in [-0.1, -0.05) is 24.3 Å². The zero-order valence-corrected chi connectivity index (χ0v) is 9.14. The van der Waals surface area contributed by atoms with E-state index in [1.54, 1.807) is 24.3 Å². The van der Waals surface area contributed by atoms with Gasteiger partial charge in [0.25, 0.3) is 0 Å². The minimum absolute atomic E-state index is 0.311. The number of halogens is 1. The first-order valence-corrected chi connectivity index (χ1v) is 5.39. The van der Waals surface area contributed by atoms with Gasteiger partial charge < -0.3 is 10.2 Å². The molecule has 17 heavy (non-hydrogen) atoms. The van der Waals surface area contributed by atoms with Crippen molar-refractivity contribution in [2.75, 3.05) is 0 Å². The molecule has 2 N–H and O–H groups in total. The number of aliphatic carboxylic acids is 1. The third-order valence-electron chi connectivity index (χ3n) is 3.08. The second-order valence-corrected chi connectivity index (χ2v) is 4.36. The van der Waals surface area contributed by atoms with Gasteiger partial charge in [-0.25, -0.2) is 9.18 Å². The van der Waals surface area contributed by atoms with Crippen LogP contribution in [0.4, 0.5) is 4.39 Å². The Bertz CT molecular complexity index is 446. The number of carbonyl (C=O) groups is 1. The van der Waals surface area contributed by atoms with Crippen molar-refractivity contribution in [3.05, 3.63) is 41.7 Å². The average molecular weight is 236 g/mol. The van der Waals surface area contributed by atoms with Crippen LogP contribution in [0.25, 0.3) is 6.08 Å².